The summed E-state index contributed by atoms with van der Waals surface area (Å²) in [5, 5.41) is 12.0. The second-order valence-electron chi connectivity index (χ2n) is 4.40. The first-order valence-electron chi connectivity index (χ1n) is 6.18. The van der Waals surface area contributed by atoms with Crippen molar-refractivity contribution >= 4 is 0 Å². The molecule has 0 aliphatic carbocycles. The first-order valence-corrected chi connectivity index (χ1v) is 6.18. The molecule has 1 N–H and O–H groups in total. The lowest BCUT2D eigenvalue weighted by Crippen LogP contribution is -2.18. The minimum atomic E-state index is -0.433. The molecule has 96 valence electrons. The van der Waals surface area contributed by atoms with Crippen molar-refractivity contribution in [2.24, 2.45) is 0 Å². The first kappa shape index (κ1) is 13.3. The van der Waals surface area contributed by atoms with Crippen molar-refractivity contribution < 1.29 is 4.39 Å². The minimum absolute atomic E-state index is 0.0895. The Morgan fingerprint density at radius 1 is 1.16 bits per heavy atom. The van der Waals surface area contributed by atoms with Crippen molar-refractivity contribution in [3.63, 3.8) is 0 Å². The molecule has 0 heterocycles. The van der Waals surface area contributed by atoms with Gasteiger partial charge in [0.15, 0.2) is 0 Å². The number of hydrogen-bond acceptors (Lipinski definition) is 2. The van der Waals surface area contributed by atoms with Crippen LogP contribution >= 0.6 is 0 Å². The van der Waals surface area contributed by atoms with E-state index in [0.29, 0.717) is 12.1 Å². The lowest BCUT2D eigenvalue weighted by molar-refractivity contribution is 0.543. The summed E-state index contributed by atoms with van der Waals surface area (Å²) < 4.78 is 13.9. The van der Waals surface area contributed by atoms with Crippen LogP contribution in [-0.4, -0.2) is 0 Å². The molecule has 2 nitrogen and oxygen atoms in total. The van der Waals surface area contributed by atoms with Crippen molar-refractivity contribution in [2.75, 3.05) is 0 Å². The van der Waals surface area contributed by atoms with Gasteiger partial charge >= 0.3 is 0 Å². The van der Waals surface area contributed by atoms with Crippen LogP contribution in [0.25, 0.3) is 0 Å². The molecule has 0 saturated heterocycles. The Morgan fingerprint density at radius 2 is 1.89 bits per heavy atom. The van der Waals surface area contributed by atoms with Gasteiger partial charge in [0.05, 0.1) is 5.56 Å². The molecule has 2 aromatic carbocycles. The predicted octanol–water partition coefficient (Wildman–Crippen LogP) is 3.55. The third kappa shape index (κ3) is 3.18. The van der Waals surface area contributed by atoms with E-state index in [-0.39, 0.29) is 11.6 Å². The smallest absolute Gasteiger partial charge is 0.145 e. The molecule has 2 rings (SSSR count). The minimum Gasteiger partial charge on any atom is -0.306 e. The van der Waals surface area contributed by atoms with Gasteiger partial charge in [0.1, 0.15) is 11.9 Å². The van der Waals surface area contributed by atoms with Crippen molar-refractivity contribution in [2.45, 2.75) is 19.5 Å². The van der Waals surface area contributed by atoms with Crippen LogP contribution in [-0.2, 0) is 6.54 Å². The monoisotopic (exact) mass is 254 g/mol. The predicted molar refractivity (Wildman–Crippen MR) is 72.8 cm³/mol. The summed E-state index contributed by atoms with van der Waals surface area (Å²) in [5.41, 5.74) is 1.76. The molecule has 0 bridgehead atoms. The molecule has 0 radical (unpaired) electrons. The topological polar surface area (TPSA) is 35.8 Å². The van der Waals surface area contributed by atoms with Crippen LogP contribution in [0, 0.1) is 17.1 Å². The largest absolute Gasteiger partial charge is 0.306 e. The normalized spacial score (nSPS) is 11.8. The lowest BCUT2D eigenvalue weighted by atomic mass is 10.1. The quantitative estimate of drug-likeness (QED) is 0.905. The molecule has 0 unspecified atom stereocenters. The second-order valence-corrected chi connectivity index (χ2v) is 4.40. The molecule has 3 heteroatoms. The fourth-order valence-electron chi connectivity index (χ4n) is 1.93. The number of nitriles is 1. The number of rotatable bonds is 4. The van der Waals surface area contributed by atoms with E-state index in [1.54, 1.807) is 12.1 Å². The van der Waals surface area contributed by atoms with Crippen LogP contribution in [0.2, 0.25) is 0 Å². The molecule has 19 heavy (non-hydrogen) atoms. The lowest BCUT2D eigenvalue weighted by Gasteiger charge is -2.14. The number of hydrogen-bond donors (Lipinski definition) is 1. The van der Waals surface area contributed by atoms with Gasteiger partial charge in [0.25, 0.3) is 0 Å². The van der Waals surface area contributed by atoms with E-state index in [0.717, 1.165) is 5.56 Å². The Kier molecular flexibility index (Phi) is 4.27. The molecule has 0 aliphatic heterocycles. The average molecular weight is 254 g/mol. The van der Waals surface area contributed by atoms with E-state index in [1.165, 1.54) is 6.07 Å². The van der Waals surface area contributed by atoms with E-state index in [1.807, 2.05) is 43.3 Å². The zero-order chi connectivity index (χ0) is 13.7. The van der Waals surface area contributed by atoms with Crippen LogP contribution < -0.4 is 5.32 Å². The Hall–Kier alpha value is -2.18. The molecule has 0 spiro atoms. The van der Waals surface area contributed by atoms with Crippen molar-refractivity contribution in [1.29, 1.82) is 5.26 Å². The number of benzene rings is 2. The van der Waals surface area contributed by atoms with Crippen LogP contribution in [0.4, 0.5) is 4.39 Å². The Morgan fingerprint density at radius 3 is 2.58 bits per heavy atom. The van der Waals surface area contributed by atoms with E-state index in [2.05, 4.69) is 5.32 Å². The van der Waals surface area contributed by atoms with Gasteiger partial charge in [-0.3, -0.25) is 0 Å². The summed E-state index contributed by atoms with van der Waals surface area (Å²) in [6.45, 7) is 2.43. The Balaban J connectivity index is 2.06. The van der Waals surface area contributed by atoms with Gasteiger partial charge in [-0.15, -0.1) is 0 Å². The van der Waals surface area contributed by atoms with E-state index in [4.69, 9.17) is 5.26 Å². The van der Waals surface area contributed by atoms with Crippen LogP contribution in [0.5, 0.6) is 0 Å². The highest BCUT2D eigenvalue weighted by molar-refractivity contribution is 5.35. The maximum Gasteiger partial charge on any atom is 0.145 e. The molecule has 2 aromatic rings. The molecule has 0 saturated carbocycles. The molecular formula is C16H15FN2. The van der Waals surface area contributed by atoms with Crippen molar-refractivity contribution in [1.82, 2.24) is 5.32 Å². The van der Waals surface area contributed by atoms with E-state index in [9.17, 15) is 4.39 Å². The van der Waals surface area contributed by atoms with Crippen molar-refractivity contribution in [3.8, 4) is 6.07 Å². The van der Waals surface area contributed by atoms with Crippen molar-refractivity contribution in [3.05, 3.63) is 71.0 Å². The number of nitrogens with zero attached hydrogens (tertiary/aromatic N) is 1. The maximum absolute atomic E-state index is 13.9. The standard InChI is InChI=1S/C16H15FN2/c1-12(13-6-3-2-4-7-13)19-11-15-9-5-8-14(10-18)16(15)17/h2-9,12,19H,11H2,1H3/t12-/m0/s1. The highest BCUT2D eigenvalue weighted by Crippen LogP contribution is 2.15. The van der Waals surface area contributed by atoms with Gasteiger partial charge < -0.3 is 5.32 Å². The highest BCUT2D eigenvalue weighted by Gasteiger charge is 2.09. The van der Waals surface area contributed by atoms with Crippen LogP contribution in [0.3, 0.4) is 0 Å². The molecule has 0 fully saturated rings. The maximum atomic E-state index is 13.9. The van der Waals surface area contributed by atoms with Crippen LogP contribution in [0.1, 0.15) is 29.7 Å². The summed E-state index contributed by atoms with van der Waals surface area (Å²) in [4.78, 5) is 0. The molecule has 0 aliphatic rings. The van der Waals surface area contributed by atoms with E-state index >= 15 is 0 Å². The van der Waals surface area contributed by atoms with E-state index < -0.39 is 5.82 Å². The fraction of sp³-hybridized carbons (Fsp3) is 0.188. The van der Waals surface area contributed by atoms with Gasteiger partial charge in [-0.2, -0.15) is 5.26 Å². The number of halogens is 1. The van der Waals surface area contributed by atoms with Gasteiger partial charge in [-0.1, -0.05) is 42.5 Å². The third-order valence-electron chi connectivity index (χ3n) is 3.10. The molecule has 1 atom stereocenters. The summed E-state index contributed by atoms with van der Waals surface area (Å²) in [5.74, 6) is -0.433. The summed E-state index contributed by atoms with van der Waals surface area (Å²) >= 11 is 0. The average Bonchev–Trinajstić information content (AvgIpc) is 2.47. The third-order valence-corrected chi connectivity index (χ3v) is 3.10. The Bertz CT molecular complexity index is 587. The zero-order valence-corrected chi connectivity index (χ0v) is 10.7. The Labute approximate surface area is 112 Å². The number of nitrogens with one attached hydrogen (secondary N) is 1. The first-order chi connectivity index (χ1) is 9.22. The zero-order valence-electron chi connectivity index (χ0n) is 10.7. The summed E-state index contributed by atoms with van der Waals surface area (Å²) in [6.07, 6.45) is 0. The molecular weight excluding hydrogens is 239 g/mol. The molecule has 0 amide bonds. The fourth-order valence-corrected chi connectivity index (χ4v) is 1.93. The SMILES string of the molecule is C[C@H](NCc1cccc(C#N)c1F)c1ccccc1. The van der Waals surface area contributed by atoms with Gasteiger partial charge in [-0.05, 0) is 18.6 Å². The molecule has 0 aromatic heterocycles. The highest BCUT2D eigenvalue weighted by atomic mass is 19.1. The van der Waals surface area contributed by atoms with Gasteiger partial charge in [-0.25, -0.2) is 4.39 Å². The van der Waals surface area contributed by atoms with Gasteiger partial charge in [0, 0.05) is 18.2 Å². The summed E-state index contributed by atoms with van der Waals surface area (Å²) in [6, 6.07) is 16.8. The summed E-state index contributed by atoms with van der Waals surface area (Å²) in [7, 11) is 0. The van der Waals surface area contributed by atoms with Gasteiger partial charge in [0.2, 0.25) is 0 Å². The second kappa shape index (κ2) is 6.12. The van der Waals surface area contributed by atoms with Crippen LogP contribution in [0.15, 0.2) is 48.5 Å².